The molecule has 0 heterocycles. The number of rotatable bonds is 3. The first-order valence-electron chi connectivity index (χ1n) is 3.58. The molecule has 76 valence electrons. The predicted molar refractivity (Wildman–Crippen MR) is 57.1 cm³/mol. The van der Waals surface area contributed by atoms with Crippen LogP contribution in [0, 0.1) is 0 Å². The van der Waals surface area contributed by atoms with Gasteiger partial charge in [-0.1, -0.05) is 15.9 Å². The molecule has 0 N–H and O–H groups in total. The lowest BCUT2D eigenvalue weighted by Crippen LogP contribution is -2.11. The van der Waals surface area contributed by atoms with Gasteiger partial charge in [0.25, 0.3) is 0 Å². The first-order valence-corrected chi connectivity index (χ1v) is 6.41. The van der Waals surface area contributed by atoms with Crippen molar-refractivity contribution >= 4 is 42.6 Å². The highest BCUT2D eigenvalue weighted by atomic mass is 79.9. The number of hydrogen-bond acceptors (Lipinski definition) is 3. The molecule has 3 nitrogen and oxygen atoms in total. The monoisotopic (exact) mass is 296 g/mol. The molecule has 0 aliphatic carbocycles. The minimum Gasteiger partial charge on any atom is -0.280 e. The number of hydrogen-bond donors (Lipinski definition) is 0. The van der Waals surface area contributed by atoms with Crippen LogP contribution in [0.2, 0.25) is 0 Å². The van der Waals surface area contributed by atoms with Crippen LogP contribution in [-0.4, -0.2) is 19.4 Å². The number of benzene rings is 1. The van der Waals surface area contributed by atoms with Gasteiger partial charge in [0.1, 0.15) is 5.75 Å². The average molecular weight is 298 g/mol. The lowest BCUT2D eigenvalue weighted by atomic mass is 10.4. The molecule has 0 aliphatic rings. The summed E-state index contributed by atoms with van der Waals surface area (Å²) in [5.41, 5.74) is 0. The topological polar surface area (TPSA) is 51.2 Å². The lowest BCUT2D eigenvalue weighted by molar-refractivity contribution is -0.109. The Labute approximate surface area is 95.1 Å². The molecular weight excluding hydrogens is 292 g/mol. The second kappa shape index (κ2) is 4.42. The molecule has 6 heteroatoms. The van der Waals surface area contributed by atoms with Gasteiger partial charge in [-0.05, 0) is 35.9 Å². The van der Waals surface area contributed by atoms with Crippen molar-refractivity contribution in [3.05, 3.63) is 28.7 Å². The van der Waals surface area contributed by atoms with Gasteiger partial charge in [-0.15, -0.1) is 0 Å². The third-order valence-electron chi connectivity index (χ3n) is 1.48. The molecule has 0 atom stereocenters. The van der Waals surface area contributed by atoms with E-state index in [9.17, 15) is 13.2 Å². The summed E-state index contributed by atoms with van der Waals surface area (Å²) in [5.74, 6) is -0.670. The average Bonchev–Trinajstić information content (AvgIpc) is 2.02. The molecule has 0 spiro atoms. The number of halogens is 2. The Morgan fingerprint density at radius 3 is 2.21 bits per heavy atom. The third-order valence-corrected chi connectivity index (χ3v) is 3.93. The second-order valence-corrected chi connectivity index (χ2v) is 5.89. The van der Waals surface area contributed by atoms with Gasteiger partial charge >= 0.3 is 0 Å². The number of carbonyl (C=O) groups excluding carboxylic acids is 1. The maximum atomic E-state index is 11.4. The van der Waals surface area contributed by atoms with Crippen molar-refractivity contribution in [2.24, 2.45) is 0 Å². The molecule has 14 heavy (non-hydrogen) atoms. The van der Waals surface area contributed by atoms with Crippen molar-refractivity contribution < 1.29 is 13.2 Å². The van der Waals surface area contributed by atoms with Gasteiger partial charge in [0, 0.05) is 4.47 Å². The van der Waals surface area contributed by atoms with E-state index < -0.39 is 20.8 Å². The van der Waals surface area contributed by atoms with Crippen molar-refractivity contribution in [3.8, 4) is 0 Å². The Bertz CT molecular complexity index is 438. The van der Waals surface area contributed by atoms with Gasteiger partial charge in [0.2, 0.25) is 5.24 Å². The van der Waals surface area contributed by atoms with E-state index in [2.05, 4.69) is 15.9 Å². The SMILES string of the molecule is O=C(Cl)CS(=O)(=O)c1ccc(Br)cc1. The zero-order chi connectivity index (χ0) is 10.8. The molecular formula is C8H6BrClO3S. The minimum atomic E-state index is -3.58. The van der Waals surface area contributed by atoms with Crippen LogP contribution < -0.4 is 0 Å². The highest BCUT2D eigenvalue weighted by molar-refractivity contribution is 9.10. The zero-order valence-electron chi connectivity index (χ0n) is 6.91. The van der Waals surface area contributed by atoms with Gasteiger partial charge in [-0.2, -0.15) is 0 Å². The lowest BCUT2D eigenvalue weighted by Gasteiger charge is -2.00. The standard InChI is InChI=1S/C8H6BrClO3S/c9-6-1-3-7(4-2-6)14(12,13)5-8(10)11/h1-4H,5H2. The van der Waals surface area contributed by atoms with E-state index in [4.69, 9.17) is 11.6 Å². The fourth-order valence-corrected chi connectivity index (χ4v) is 2.59. The summed E-state index contributed by atoms with van der Waals surface area (Å²) in [6.45, 7) is 0. The van der Waals surface area contributed by atoms with Crippen LogP contribution >= 0.6 is 27.5 Å². The molecule has 0 radical (unpaired) electrons. The molecule has 0 bridgehead atoms. The quantitative estimate of drug-likeness (QED) is 0.802. The fourth-order valence-electron chi connectivity index (χ4n) is 0.875. The number of sulfone groups is 1. The fraction of sp³-hybridized carbons (Fsp3) is 0.125. The van der Waals surface area contributed by atoms with Crippen LogP contribution in [0.25, 0.3) is 0 Å². The summed E-state index contributed by atoms with van der Waals surface area (Å²) < 4.78 is 23.6. The highest BCUT2D eigenvalue weighted by Gasteiger charge is 2.17. The summed E-state index contributed by atoms with van der Waals surface area (Å²) in [5, 5.41) is -0.882. The van der Waals surface area contributed by atoms with E-state index in [-0.39, 0.29) is 4.90 Å². The Hall–Kier alpha value is -0.390. The summed E-state index contributed by atoms with van der Waals surface area (Å²) in [6.07, 6.45) is 0. The molecule has 0 fully saturated rings. The van der Waals surface area contributed by atoms with Crippen LogP contribution in [-0.2, 0) is 14.6 Å². The van der Waals surface area contributed by atoms with Gasteiger partial charge < -0.3 is 0 Å². The summed E-state index contributed by atoms with van der Waals surface area (Å²) in [4.78, 5) is 10.6. The molecule has 0 amide bonds. The predicted octanol–water partition coefficient (Wildman–Crippen LogP) is 1.99. The van der Waals surface area contributed by atoms with Gasteiger partial charge in [-0.3, -0.25) is 4.79 Å². The molecule has 1 aromatic carbocycles. The van der Waals surface area contributed by atoms with Crippen LogP contribution in [0.4, 0.5) is 0 Å². The summed E-state index contributed by atoms with van der Waals surface area (Å²) in [6, 6.07) is 6.01. The first-order chi connectivity index (χ1) is 6.42. The van der Waals surface area contributed by atoms with E-state index in [0.717, 1.165) is 4.47 Å². The van der Waals surface area contributed by atoms with E-state index in [1.807, 2.05) is 0 Å². The molecule has 0 saturated heterocycles. The van der Waals surface area contributed by atoms with Crippen LogP contribution in [0.1, 0.15) is 0 Å². The van der Waals surface area contributed by atoms with E-state index in [1.54, 1.807) is 12.1 Å². The largest absolute Gasteiger partial charge is 0.280 e. The maximum Gasteiger partial charge on any atom is 0.237 e. The Balaban J connectivity index is 3.05. The zero-order valence-corrected chi connectivity index (χ0v) is 10.1. The van der Waals surface area contributed by atoms with E-state index in [1.165, 1.54) is 12.1 Å². The smallest absolute Gasteiger partial charge is 0.237 e. The summed E-state index contributed by atoms with van der Waals surface area (Å²) in [7, 11) is -3.58. The second-order valence-electron chi connectivity index (χ2n) is 2.57. The third kappa shape index (κ3) is 3.08. The molecule has 0 unspecified atom stereocenters. The summed E-state index contributed by atoms with van der Waals surface area (Å²) >= 11 is 8.19. The molecule has 1 rings (SSSR count). The number of carbonyl (C=O) groups is 1. The molecule has 0 saturated carbocycles. The first kappa shape index (κ1) is 11.7. The Morgan fingerprint density at radius 2 is 1.79 bits per heavy atom. The van der Waals surface area contributed by atoms with Crippen molar-refractivity contribution in [3.63, 3.8) is 0 Å². The molecule has 1 aromatic rings. The normalized spacial score (nSPS) is 11.3. The Kier molecular flexibility index (Phi) is 3.69. The van der Waals surface area contributed by atoms with Crippen molar-refractivity contribution in [1.82, 2.24) is 0 Å². The highest BCUT2D eigenvalue weighted by Crippen LogP contribution is 2.16. The van der Waals surface area contributed by atoms with Crippen LogP contribution in [0.3, 0.4) is 0 Å². The Morgan fingerprint density at radius 1 is 1.29 bits per heavy atom. The van der Waals surface area contributed by atoms with Gasteiger partial charge in [-0.25, -0.2) is 8.42 Å². The van der Waals surface area contributed by atoms with Crippen molar-refractivity contribution in [2.75, 3.05) is 5.75 Å². The van der Waals surface area contributed by atoms with Gasteiger partial charge in [0.15, 0.2) is 9.84 Å². The minimum absolute atomic E-state index is 0.0923. The molecule has 0 aromatic heterocycles. The van der Waals surface area contributed by atoms with E-state index >= 15 is 0 Å². The van der Waals surface area contributed by atoms with Gasteiger partial charge in [0.05, 0.1) is 4.90 Å². The maximum absolute atomic E-state index is 11.4. The molecule has 0 aliphatic heterocycles. The van der Waals surface area contributed by atoms with Crippen molar-refractivity contribution in [1.29, 1.82) is 0 Å². The van der Waals surface area contributed by atoms with E-state index in [0.29, 0.717) is 0 Å². The van der Waals surface area contributed by atoms with Crippen LogP contribution in [0.15, 0.2) is 33.6 Å². The van der Waals surface area contributed by atoms with Crippen molar-refractivity contribution in [2.45, 2.75) is 4.90 Å². The van der Waals surface area contributed by atoms with Crippen LogP contribution in [0.5, 0.6) is 0 Å².